The monoisotopic (exact) mass is 140 g/mol. The number of hydrogen-bond acceptors (Lipinski definition) is 2. The summed E-state index contributed by atoms with van der Waals surface area (Å²) in [6, 6.07) is 0. The lowest BCUT2D eigenvalue weighted by Crippen LogP contribution is -2.02. The Morgan fingerprint density at radius 2 is 2.10 bits per heavy atom. The molecule has 0 heterocycles. The molecule has 2 nitrogen and oxygen atoms in total. The van der Waals surface area contributed by atoms with E-state index in [1.54, 1.807) is 7.05 Å². The van der Waals surface area contributed by atoms with Crippen LogP contribution in [0.25, 0.3) is 0 Å². The lowest BCUT2D eigenvalue weighted by atomic mass is 10.1. The van der Waals surface area contributed by atoms with Gasteiger partial charge in [-0.2, -0.15) is 0 Å². The van der Waals surface area contributed by atoms with Crippen molar-refractivity contribution in [3.8, 4) is 0 Å². The third-order valence-electron chi connectivity index (χ3n) is 1.26. The van der Waals surface area contributed by atoms with Gasteiger partial charge in [-0.15, -0.1) is 0 Å². The number of aliphatic imine (C=N–C) groups is 1. The largest absolute Gasteiger partial charge is 0.394 e. The Kier molecular flexibility index (Phi) is 4.63. The van der Waals surface area contributed by atoms with Gasteiger partial charge >= 0.3 is 0 Å². The molecule has 0 saturated heterocycles. The van der Waals surface area contributed by atoms with Crippen LogP contribution in [0.3, 0.4) is 0 Å². The van der Waals surface area contributed by atoms with Gasteiger partial charge in [0.05, 0.1) is 0 Å². The van der Waals surface area contributed by atoms with Gasteiger partial charge < -0.3 is 5.32 Å². The van der Waals surface area contributed by atoms with Crippen LogP contribution in [0.2, 0.25) is 0 Å². The summed E-state index contributed by atoms with van der Waals surface area (Å²) < 4.78 is 0. The molecule has 2 heteroatoms. The van der Waals surface area contributed by atoms with Crippen LogP contribution in [-0.4, -0.2) is 20.3 Å². The summed E-state index contributed by atoms with van der Waals surface area (Å²) in [5.41, 5.74) is 1.23. The maximum absolute atomic E-state index is 3.94. The first-order valence-corrected chi connectivity index (χ1v) is 3.51. The molecular formula is C8H16N2. The van der Waals surface area contributed by atoms with Crippen molar-refractivity contribution in [2.75, 3.05) is 14.1 Å². The zero-order valence-corrected chi connectivity index (χ0v) is 7.18. The summed E-state index contributed by atoms with van der Waals surface area (Å²) in [6.45, 7) is 4.29. The fourth-order valence-corrected chi connectivity index (χ4v) is 0.669. The highest BCUT2D eigenvalue weighted by Crippen LogP contribution is 2.04. The lowest BCUT2D eigenvalue weighted by molar-refractivity contribution is 0.795. The van der Waals surface area contributed by atoms with Crippen LogP contribution in [0.4, 0.5) is 0 Å². The molecule has 10 heavy (non-hydrogen) atoms. The van der Waals surface area contributed by atoms with E-state index in [0.29, 0.717) is 5.92 Å². The maximum atomic E-state index is 3.94. The summed E-state index contributed by atoms with van der Waals surface area (Å²) >= 11 is 0. The average Bonchev–Trinajstić information content (AvgIpc) is 1.87. The number of allylic oxidation sites excluding steroid dienone is 1. The minimum atomic E-state index is 0.538. The Morgan fingerprint density at radius 1 is 1.50 bits per heavy atom. The Bertz CT molecular complexity index is 134. The lowest BCUT2D eigenvalue weighted by Gasteiger charge is -2.03. The van der Waals surface area contributed by atoms with Crippen molar-refractivity contribution < 1.29 is 0 Å². The molecule has 0 spiro atoms. The van der Waals surface area contributed by atoms with Crippen molar-refractivity contribution in [2.45, 2.75) is 13.8 Å². The predicted molar refractivity (Wildman–Crippen MR) is 46.4 cm³/mol. The Hall–Kier alpha value is -0.790. The molecule has 0 atom stereocenters. The van der Waals surface area contributed by atoms with Gasteiger partial charge in [-0.25, -0.2) is 0 Å². The molecule has 0 radical (unpaired) electrons. The summed E-state index contributed by atoms with van der Waals surface area (Å²) in [5, 5.41) is 2.98. The summed E-state index contributed by atoms with van der Waals surface area (Å²) in [5.74, 6) is 0.538. The minimum absolute atomic E-state index is 0.538. The molecule has 0 aliphatic heterocycles. The highest BCUT2D eigenvalue weighted by molar-refractivity contribution is 5.78. The van der Waals surface area contributed by atoms with E-state index in [9.17, 15) is 0 Å². The molecule has 0 aliphatic rings. The summed E-state index contributed by atoms with van der Waals surface area (Å²) in [7, 11) is 3.68. The van der Waals surface area contributed by atoms with Crippen LogP contribution in [0.5, 0.6) is 0 Å². The second-order valence-corrected chi connectivity index (χ2v) is 2.48. The highest BCUT2D eigenvalue weighted by Gasteiger charge is 1.96. The van der Waals surface area contributed by atoms with Gasteiger partial charge in [0, 0.05) is 26.5 Å². The Labute approximate surface area is 63.0 Å². The van der Waals surface area contributed by atoms with Crippen molar-refractivity contribution in [3.63, 3.8) is 0 Å². The molecule has 0 aliphatic carbocycles. The van der Waals surface area contributed by atoms with Gasteiger partial charge in [-0.1, -0.05) is 13.8 Å². The van der Waals surface area contributed by atoms with Crippen molar-refractivity contribution >= 4 is 6.21 Å². The molecular weight excluding hydrogens is 124 g/mol. The van der Waals surface area contributed by atoms with E-state index in [4.69, 9.17) is 0 Å². The Balaban J connectivity index is 4.11. The number of nitrogens with one attached hydrogen (secondary N) is 1. The van der Waals surface area contributed by atoms with E-state index >= 15 is 0 Å². The number of nitrogens with zero attached hydrogens (tertiary/aromatic N) is 1. The number of rotatable bonds is 3. The van der Waals surface area contributed by atoms with Crippen molar-refractivity contribution in [1.29, 1.82) is 0 Å². The van der Waals surface area contributed by atoms with E-state index in [1.807, 2.05) is 19.5 Å². The first-order valence-electron chi connectivity index (χ1n) is 3.51. The van der Waals surface area contributed by atoms with Crippen LogP contribution in [0.1, 0.15) is 13.8 Å². The van der Waals surface area contributed by atoms with Crippen molar-refractivity contribution in [3.05, 3.63) is 11.8 Å². The van der Waals surface area contributed by atoms with E-state index in [-0.39, 0.29) is 0 Å². The predicted octanol–water partition coefficient (Wildman–Crippen LogP) is 1.45. The second kappa shape index (κ2) is 5.03. The molecule has 58 valence electrons. The normalized spacial score (nSPS) is 13.1. The molecule has 0 aromatic carbocycles. The van der Waals surface area contributed by atoms with E-state index < -0.39 is 0 Å². The van der Waals surface area contributed by atoms with Crippen LogP contribution in [0.15, 0.2) is 16.8 Å². The van der Waals surface area contributed by atoms with E-state index in [0.717, 1.165) is 0 Å². The van der Waals surface area contributed by atoms with Gasteiger partial charge in [0.2, 0.25) is 0 Å². The fraction of sp³-hybridized carbons (Fsp3) is 0.625. The molecule has 0 aromatic rings. The van der Waals surface area contributed by atoms with Crippen LogP contribution in [0, 0.1) is 5.92 Å². The van der Waals surface area contributed by atoms with Gasteiger partial charge in [-0.3, -0.25) is 4.99 Å². The molecule has 0 rings (SSSR count). The second-order valence-electron chi connectivity index (χ2n) is 2.48. The number of hydrogen-bond donors (Lipinski definition) is 1. The zero-order valence-electron chi connectivity index (χ0n) is 7.18. The van der Waals surface area contributed by atoms with Crippen LogP contribution in [-0.2, 0) is 0 Å². The zero-order chi connectivity index (χ0) is 7.98. The van der Waals surface area contributed by atoms with Gasteiger partial charge in [0.1, 0.15) is 0 Å². The van der Waals surface area contributed by atoms with E-state index in [1.165, 1.54) is 5.57 Å². The first-order chi connectivity index (χ1) is 4.72. The van der Waals surface area contributed by atoms with Crippen molar-refractivity contribution in [2.24, 2.45) is 10.9 Å². The summed E-state index contributed by atoms with van der Waals surface area (Å²) in [6.07, 6.45) is 3.85. The summed E-state index contributed by atoms with van der Waals surface area (Å²) in [4.78, 5) is 3.94. The smallest absolute Gasteiger partial charge is 0.0277 e. The highest BCUT2D eigenvalue weighted by atomic mass is 14.8. The molecule has 0 amide bonds. The van der Waals surface area contributed by atoms with Crippen LogP contribution < -0.4 is 5.32 Å². The third-order valence-corrected chi connectivity index (χ3v) is 1.26. The molecule has 1 N–H and O–H groups in total. The molecule has 0 bridgehead atoms. The van der Waals surface area contributed by atoms with Crippen molar-refractivity contribution in [1.82, 2.24) is 5.32 Å². The molecule has 0 unspecified atom stereocenters. The van der Waals surface area contributed by atoms with Gasteiger partial charge in [0.25, 0.3) is 0 Å². The molecule has 0 aromatic heterocycles. The maximum Gasteiger partial charge on any atom is 0.0277 e. The SMILES string of the molecule is CN=C/C(=C/NC)C(C)C. The average molecular weight is 140 g/mol. The van der Waals surface area contributed by atoms with Crippen LogP contribution >= 0.6 is 0 Å². The topological polar surface area (TPSA) is 24.4 Å². The third kappa shape index (κ3) is 3.28. The minimum Gasteiger partial charge on any atom is -0.394 e. The molecule has 0 saturated carbocycles. The Morgan fingerprint density at radius 3 is 2.40 bits per heavy atom. The standard InChI is InChI=1S/C8H16N2/c1-7(2)8(5-9-3)6-10-4/h5-7,9H,1-4H3/b8-5-,10-6?. The van der Waals surface area contributed by atoms with Gasteiger partial charge in [-0.05, 0) is 11.5 Å². The van der Waals surface area contributed by atoms with E-state index in [2.05, 4.69) is 24.2 Å². The fourth-order valence-electron chi connectivity index (χ4n) is 0.669. The quantitative estimate of drug-likeness (QED) is 0.589. The first kappa shape index (κ1) is 9.21. The molecule has 0 fully saturated rings. The van der Waals surface area contributed by atoms with Gasteiger partial charge in [0.15, 0.2) is 0 Å².